The minimum absolute atomic E-state index is 0.221. The van der Waals surface area contributed by atoms with E-state index in [9.17, 15) is 23.3 Å². The largest absolute Gasteiger partial charge is 0.322 e. The predicted octanol–water partition coefficient (Wildman–Crippen LogP) is 4.57. The molecule has 0 saturated heterocycles. The van der Waals surface area contributed by atoms with Crippen LogP contribution in [0, 0.1) is 30.9 Å². The highest BCUT2D eigenvalue weighted by molar-refractivity contribution is 7.92. The van der Waals surface area contributed by atoms with Crippen LogP contribution in [0.3, 0.4) is 0 Å². The van der Waals surface area contributed by atoms with E-state index >= 15 is 0 Å². The first-order valence-electron chi connectivity index (χ1n) is 9.33. The molecule has 0 heterocycles. The summed E-state index contributed by atoms with van der Waals surface area (Å²) in [7, 11) is -4.03. The number of nitro benzene ring substituents is 1. The lowest BCUT2D eigenvalue weighted by Gasteiger charge is -2.11. The average molecular weight is 439 g/mol. The highest BCUT2D eigenvalue weighted by atomic mass is 32.2. The van der Waals surface area contributed by atoms with Crippen molar-refractivity contribution in [1.82, 2.24) is 0 Å². The van der Waals surface area contributed by atoms with Crippen LogP contribution in [0.25, 0.3) is 0 Å². The zero-order valence-electron chi connectivity index (χ0n) is 17.2. The number of anilines is 2. The number of carbonyl (C=O) groups excluding carboxylic acids is 1. The first-order valence-corrected chi connectivity index (χ1v) is 10.8. The van der Waals surface area contributed by atoms with Gasteiger partial charge in [-0.2, -0.15) is 0 Å². The van der Waals surface area contributed by atoms with Gasteiger partial charge >= 0.3 is 0 Å². The number of benzene rings is 3. The van der Waals surface area contributed by atoms with Crippen molar-refractivity contribution in [2.24, 2.45) is 0 Å². The molecule has 3 aromatic rings. The molecule has 0 radical (unpaired) electrons. The lowest BCUT2D eigenvalue weighted by molar-refractivity contribution is -0.385. The molecule has 0 fully saturated rings. The molecule has 3 aromatic carbocycles. The van der Waals surface area contributed by atoms with Gasteiger partial charge in [-0.05, 0) is 68.3 Å². The van der Waals surface area contributed by atoms with E-state index in [1.165, 1.54) is 43.3 Å². The Morgan fingerprint density at radius 2 is 1.55 bits per heavy atom. The van der Waals surface area contributed by atoms with Crippen LogP contribution in [0.4, 0.5) is 17.1 Å². The van der Waals surface area contributed by atoms with Crippen molar-refractivity contribution in [1.29, 1.82) is 0 Å². The molecular weight excluding hydrogens is 418 g/mol. The third kappa shape index (κ3) is 5.07. The maximum Gasteiger partial charge on any atom is 0.273 e. The van der Waals surface area contributed by atoms with Crippen molar-refractivity contribution in [3.05, 3.63) is 93.0 Å². The summed E-state index contributed by atoms with van der Waals surface area (Å²) in [6, 6.07) is 15.3. The smallest absolute Gasteiger partial charge is 0.273 e. The summed E-state index contributed by atoms with van der Waals surface area (Å²) < 4.78 is 27.6. The van der Waals surface area contributed by atoms with Gasteiger partial charge in [0.1, 0.15) is 0 Å². The zero-order chi connectivity index (χ0) is 22.8. The van der Waals surface area contributed by atoms with E-state index in [0.29, 0.717) is 16.8 Å². The van der Waals surface area contributed by atoms with E-state index in [1.54, 1.807) is 0 Å². The lowest BCUT2D eigenvalue weighted by Crippen LogP contribution is -2.15. The zero-order valence-corrected chi connectivity index (χ0v) is 18.0. The third-order valence-electron chi connectivity index (χ3n) is 4.73. The molecule has 31 heavy (non-hydrogen) atoms. The quantitative estimate of drug-likeness (QED) is 0.431. The SMILES string of the molecule is Cc1ccc(C)c(NC(=O)c2ccc(NS(=O)(=O)c3ccc(C)c([N+](=O)[O-])c3)cc2)c1. The predicted molar refractivity (Wildman–Crippen MR) is 119 cm³/mol. The minimum Gasteiger partial charge on any atom is -0.322 e. The van der Waals surface area contributed by atoms with Crippen LogP contribution in [0.5, 0.6) is 0 Å². The van der Waals surface area contributed by atoms with Crippen LogP contribution in [0.2, 0.25) is 0 Å². The van der Waals surface area contributed by atoms with Crippen LogP contribution in [-0.2, 0) is 10.0 Å². The Bertz CT molecular complexity index is 1270. The van der Waals surface area contributed by atoms with Gasteiger partial charge in [-0.25, -0.2) is 8.42 Å². The highest BCUT2D eigenvalue weighted by Crippen LogP contribution is 2.24. The van der Waals surface area contributed by atoms with Crippen LogP contribution in [-0.4, -0.2) is 19.2 Å². The number of hydrogen-bond donors (Lipinski definition) is 2. The number of nitrogens with one attached hydrogen (secondary N) is 2. The highest BCUT2D eigenvalue weighted by Gasteiger charge is 2.20. The normalized spacial score (nSPS) is 11.1. The summed E-state index contributed by atoms with van der Waals surface area (Å²) in [5.41, 5.74) is 3.32. The molecule has 0 aliphatic carbocycles. The second-order valence-electron chi connectivity index (χ2n) is 7.16. The maximum absolute atomic E-state index is 12.6. The Labute approximate surface area is 180 Å². The monoisotopic (exact) mass is 439 g/mol. The topological polar surface area (TPSA) is 118 Å². The first kappa shape index (κ1) is 22.0. The maximum atomic E-state index is 12.6. The van der Waals surface area contributed by atoms with E-state index < -0.39 is 14.9 Å². The molecule has 9 heteroatoms. The second-order valence-corrected chi connectivity index (χ2v) is 8.84. The Morgan fingerprint density at radius 3 is 2.19 bits per heavy atom. The van der Waals surface area contributed by atoms with Crippen molar-refractivity contribution < 1.29 is 18.1 Å². The van der Waals surface area contributed by atoms with E-state index in [4.69, 9.17) is 0 Å². The fourth-order valence-corrected chi connectivity index (χ4v) is 4.00. The lowest BCUT2D eigenvalue weighted by atomic mass is 10.1. The minimum atomic E-state index is -4.03. The van der Waals surface area contributed by atoms with Gasteiger partial charge in [-0.3, -0.25) is 19.6 Å². The Hall–Kier alpha value is -3.72. The summed E-state index contributed by atoms with van der Waals surface area (Å²) in [5, 5.41) is 13.9. The van der Waals surface area contributed by atoms with Gasteiger partial charge in [0.15, 0.2) is 0 Å². The number of nitro groups is 1. The third-order valence-corrected chi connectivity index (χ3v) is 6.11. The summed E-state index contributed by atoms with van der Waals surface area (Å²) in [6.45, 7) is 5.35. The number of rotatable bonds is 6. The fourth-order valence-electron chi connectivity index (χ4n) is 2.92. The van der Waals surface area contributed by atoms with Crippen LogP contribution >= 0.6 is 0 Å². The van der Waals surface area contributed by atoms with Crippen molar-refractivity contribution >= 4 is 33.0 Å². The Morgan fingerprint density at radius 1 is 0.903 bits per heavy atom. The molecule has 0 unspecified atom stereocenters. The summed E-state index contributed by atoms with van der Waals surface area (Å²) in [5.74, 6) is -0.322. The Balaban J connectivity index is 1.77. The van der Waals surface area contributed by atoms with Gasteiger partial charge in [0, 0.05) is 28.6 Å². The fraction of sp³-hybridized carbons (Fsp3) is 0.136. The molecule has 2 N–H and O–H groups in total. The van der Waals surface area contributed by atoms with Gasteiger partial charge in [0.25, 0.3) is 21.6 Å². The summed E-state index contributed by atoms with van der Waals surface area (Å²) in [6.07, 6.45) is 0. The molecular formula is C22H21N3O5S. The second kappa shape index (κ2) is 8.57. The molecule has 0 saturated carbocycles. The van der Waals surface area contributed by atoms with Crippen LogP contribution in [0.1, 0.15) is 27.0 Å². The Kier molecular flexibility index (Phi) is 6.07. The van der Waals surface area contributed by atoms with Gasteiger partial charge in [0.2, 0.25) is 0 Å². The molecule has 160 valence electrons. The number of aryl methyl sites for hydroxylation is 3. The number of amides is 1. The number of carbonyl (C=O) groups is 1. The molecule has 8 nitrogen and oxygen atoms in total. The molecule has 0 bridgehead atoms. The standard InChI is InChI=1S/C22H21N3O5S/c1-14-4-5-15(2)20(12-14)23-22(26)17-7-9-18(10-8-17)24-31(29,30)19-11-6-16(3)21(13-19)25(27)28/h4-13,24H,1-3H3,(H,23,26). The van der Waals surface area contributed by atoms with Gasteiger partial charge in [-0.1, -0.05) is 18.2 Å². The van der Waals surface area contributed by atoms with Crippen LogP contribution < -0.4 is 10.0 Å². The van der Waals surface area contributed by atoms with Gasteiger partial charge < -0.3 is 5.32 Å². The summed E-state index contributed by atoms with van der Waals surface area (Å²) in [4.78, 5) is 22.8. The molecule has 3 rings (SSSR count). The van der Waals surface area contributed by atoms with E-state index in [1.807, 2.05) is 32.0 Å². The summed E-state index contributed by atoms with van der Waals surface area (Å²) >= 11 is 0. The van der Waals surface area contributed by atoms with Crippen molar-refractivity contribution in [2.75, 3.05) is 10.0 Å². The van der Waals surface area contributed by atoms with Gasteiger partial charge in [0.05, 0.1) is 9.82 Å². The van der Waals surface area contributed by atoms with Crippen LogP contribution in [0.15, 0.2) is 65.6 Å². The molecule has 0 aromatic heterocycles. The average Bonchev–Trinajstić information content (AvgIpc) is 2.71. The molecule has 1 amide bonds. The van der Waals surface area contributed by atoms with Gasteiger partial charge in [-0.15, -0.1) is 0 Å². The number of sulfonamides is 1. The van der Waals surface area contributed by atoms with Crippen molar-refractivity contribution in [3.8, 4) is 0 Å². The number of hydrogen-bond acceptors (Lipinski definition) is 5. The molecule has 0 spiro atoms. The molecule has 0 atom stereocenters. The van der Waals surface area contributed by atoms with E-state index in [2.05, 4.69) is 10.0 Å². The molecule has 0 aliphatic heterocycles. The number of nitrogens with zero attached hydrogens (tertiary/aromatic N) is 1. The first-order chi connectivity index (χ1) is 14.6. The molecule has 0 aliphatic rings. The van der Waals surface area contributed by atoms with E-state index in [0.717, 1.165) is 17.2 Å². The van der Waals surface area contributed by atoms with E-state index in [-0.39, 0.29) is 22.2 Å². The van der Waals surface area contributed by atoms with Crippen molar-refractivity contribution in [3.63, 3.8) is 0 Å². The van der Waals surface area contributed by atoms with Crippen molar-refractivity contribution in [2.45, 2.75) is 25.7 Å².